The van der Waals surface area contributed by atoms with Crippen LogP contribution in [0.4, 0.5) is 0 Å². The molecule has 0 aromatic rings. The molecular weight excluding hydrogens is 214 g/mol. The van der Waals surface area contributed by atoms with Crippen molar-refractivity contribution in [1.82, 2.24) is 5.32 Å². The summed E-state index contributed by atoms with van der Waals surface area (Å²) in [6.07, 6.45) is 9.15. The summed E-state index contributed by atoms with van der Waals surface area (Å²) in [4.78, 5) is 0. The Hall–Kier alpha value is -0.120. The average molecular weight is 241 g/mol. The quantitative estimate of drug-likeness (QED) is 0.775. The standard InChI is InChI=1S/C14H27NO2/c1-2-5-13(16)11-15-12-6-9-17-14(10-12)7-3-4-8-14/h12-13,15-16H,2-11H2,1H3. The fourth-order valence-electron chi connectivity index (χ4n) is 3.31. The maximum absolute atomic E-state index is 9.74. The molecule has 1 saturated heterocycles. The van der Waals surface area contributed by atoms with Crippen LogP contribution in [0, 0.1) is 0 Å². The monoisotopic (exact) mass is 241 g/mol. The molecule has 1 aliphatic carbocycles. The van der Waals surface area contributed by atoms with Gasteiger partial charge in [0, 0.05) is 19.2 Å². The Morgan fingerprint density at radius 1 is 1.41 bits per heavy atom. The van der Waals surface area contributed by atoms with Crippen molar-refractivity contribution in [2.24, 2.45) is 0 Å². The van der Waals surface area contributed by atoms with Gasteiger partial charge in [-0.3, -0.25) is 0 Å². The molecule has 0 radical (unpaired) electrons. The molecule has 1 aliphatic heterocycles. The van der Waals surface area contributed by atoms with Gasteiger partial charge in [-0.15, -0.1) is 0 Å². The first kappa shape index (κ1) is 13.3. The van der Waals surface area contributed by atoms with Crippen LogP contribution in [-0.2, 0) is 4.74 Å². The predicted octanol–water partition coefficient (Wildman–Crippen LogP) is 2.23. The maximum Gasteiger partial charge on any atom is 0.0697 e. The van der Waals surface area contributed by atoms with Gasteiger partial charge in [0.05, 0.1) is 11.7 Å². The second-order valence-electron chi connectivity index (χ2n) is 5.78. The van der Waals surface area contributed by atoms with Gasteiger partial charge in [-0.25, -0.2) is 0 Å². The molecule has 3 nitrogen and oxygen atoms in total. The van der Waals surface area contributed by atoms with Gasteiger partial charge < -0.3 is 15.2 Å². The smallest absolute Gasteiger partial charge is 0.0697 e. The summed E-state index contributed by atoms with van der Waals surface area (Å²) in [6, 6.07) is 0.549. The molecule has 2 N–H and O–H groups in total. The molecule has 2 aliphatic rings. The lowest BCUT2D eigenvalue weighted by Crippen LogP contribution is -2.47. The van der Waals surface area contributed by atoms with Crippen LogP contribution in [0.15, 0.2) is 0 Å². The number of hydrogen-bond donors (Lipinski definition) is 2. The van der Waals surface area contributed by atoms with Gasteiger partial charge in [-0.2, -0.15) is 0 Å². The van der Waals surface area contributed by atoms with Crippen LogP contribution in [0.3, 0.4) is 0 Å². The maximum atomic E-state index is 9.74. The minimum Gasteiger partial charge on any atom is -0.392 e. The number of hydrogen-bond acceptors (Lipinski definition) is 3. The minimum absolute atomic E-state index is 0.178. The van der Waals surface area contributed by atoms with E-state index in [1.54, 1.807) is 0 Å². The van der Waals surface area contributed by atoms with E-state index in [0.29, 0.717) is 6.04 Å². The lowest BCUT2D eigenvalue weighted by molar-refractivity contribution is -0.0844. The van der Waals surface area contributed by atoms with Crippen molar-refractivity contribution in [1.29, 1.82) is 0 Å². The van der Waals surface area contributed by atoms with Crippen molar-refractivity contribution in [2.45, 2.75) is 76.0 Å². The number of aliphatic hydroxyl groups excluding tert-OH is 1. The van der Waals surface area contributed by atoms with Crippen molar-refractivity contribution in [3.05, 3.63) is 0 Å². The zero-order valence-electron chi connectivity index (χ0n) is 11.1. The van der Waals surface area contributed by atoms with Crippen LogP contribution in [0.25, 0.3) is 0 Å². The Labute approximate surface area is 105 Å². The SMILES string of the molecule is CCCC(O)CNC1CCOC2(CCCC2)C1. The number of nitrogens with one attached hydrogen (secondary N) is 1. The van der Waals surface area contributed by atoms with E-state index in [-0.39, 0.29) is 11.7 Å². The number of rotatable bonds is 5. The Bertz CT molecular complexity index is 226. The zero-order valence-corrected chi connectivity index (χ0v) is 11.1. The molecular formula is C14H27NO2. The molecule has 2 atom stereocenters. The fraction of sp³-hybridized carbons (Fsp3) is 1.00. The second kappa shape index (κ2) is 6.17. The molecule has 0 bridgehead atoms. The van der Waals surface area contributed by atoms with E-state index >= 15 is 0 Å². The molecule has 0 aromatic carbocycles. The van der Waals surface area contributed by atoms with Crippen LogP contribution in [0.1, 0.15) is 58.3 Å². The van der Waals surface area contributed by atoms with Crippen molar-refractivity contribution in [3.63, 3.8) is 0 Å². The van der Waals surface area contributed by atoms with E-state index in [9.17, 15) is 5.11 Å². The summed E-state index contributed by atoms with van der Waals surface area (Å²) < 4.78 is 6.01. The normalized spacial score (nSPS) is 29.6. The summed E-state index contributed by atoms with van der Waals surface area (Å²) in [5, 5.41) is 13.3. The van der Waals surface area contributed by atoms with Crippen LogP contribution >= 0.6 is 0 Å². The Morgan fingerprint density at radius 3 is 2.88 bits per heavy atom. The zero-order chi connectivity index (χ0) is 12.1. The van der Waals surface area contributed by atoms with Gasteiger partial charge in [-0.05, 0) is 32.1 Å². The first-order valence-corrected chi connectivity index (χ1v) is 7.29. The van der Waals surface area contributed by atoms with Gasteiger partial charge in [0.15, 0.2) is 0 Å². The fourth-order valence-corrected chi connectivity index (χ4v) is 3.31. The summed E-state index contributed by atoms with van der Waals surface area (Å²) in [5.74, 6) is 0. The minimum atomic E-state index is -0.178. The number of ether oxygens (including phenoxy) is 1. The van der Waals surface area contributed by atoms with Crippen molar-refractivity contribution >= 4 is 0 Å². The Balaban J connectivity index is 1.74. The van der Waals surface area contributed by atoms with Crippen LogP contribution < -0.4 is 5.32 Å². The van der Waals surface area contributed by atoms with Gasteiger partial charge >= 0.3 is 0 Å². The van der Waals surface area contributed by atoms with Crippen molar-refractivity contribution in [3.8, 4) is 0 Å². The molecule has 2 rings (SSSR count). The Kier molecular flexibility index (Phi) is 4.83. The number of aliphatic hydroxyl groups is 1. The molecule has 2 fully saturated rings. The van der Waals surface area contributed by atoms with Crippen molar-refractivity contribution < 1.29 is 9.84 Å². The molecule has 2 unspecified atom stereocenters. The Morgan fingerprint density at radius 2 is 2.18 bits per heavy atom. The third kappa shape index (κ3) is 3.67. The highest BCUT2D eigenvalue weighted by molar-refractivity contribution is 4.93. The van der Waals surface area contributed by atoms with E-state index in [1.807, 2.05) is 0 Å². The third-order valence-corrected chi connectivity index (χ3v) is 4.27. The summed E-state index contributed by atoms with van der Waals surface area (Å²) in [6.45, 7) is 3.75. The van der Waals surface area contributed by atoms with E-state index in [4.69, 9.17) is 4.74 Å². The van der Waals surface area contributed by atoms with Gasteiger partial charge in [0.2, 0.25) is 0 Å². The topological polar surface area (TPSA) is 41.5 Å². The van der Waals surface area contributed by atoms with Gasteiger partial charge in [-0.1, -0.05) is 26.2 Å². The first-order valence-electron chi connectivity index (χ1n) is 7.29. The lowest BCUT2D eigenvalue weighted by atomic mass is 9.89. The molecule has 1 saturated carbocycles. The molecule has 17 heavy (non-hydrogen) atoms. The summed E-state index contributed by atoms with van der Waals surface area (Å²) >= 11 is 0. The molecule has 0 aromatic heterocycles. The van der Waals surface area contributed by atoms with E-state index < -0.39 is 0 Å². The summed E-state index contributed by atoms with van der Waals surface area (Å²) in [5.41, 5.74) is 0.186. The average Bonchev–Trinajstić information content (AvgIpc) is 2.75. The third-order valence-electron chi connectivity index (χ3n) is 4.27. The first-order chi connectivity index (χ1) is 8.24. The molecule has 1 spiro atoms. The van der Waals surface area contributed by atoms with Crippen LogP contribution in [0.2, 0.25) is 0 Å². The molecule has 0 amide bonds. The molecule has 100 valence electrons. The van der Waals surface area contributed by atoms with E-state index in [1.165, 1.54) is 25.7 Å². The van der Waals surface area contributed by atoms with Gasteiger partial charge in [0.1, 0.15) is 0 Å². The van der Waals surface area contributed by atoms with Gasteiger partial charge in [0.25, 0.3) is 0 Å². The predicted molar refractivity (Wildman–Crippen MR) is 69.1 cm³/mol. The molecule has 3 heteroatoms. The molecule has 1 heterocycles. The highest BCUT2D eigenvalue weighted by Crippen LogP contribution is 2.39. The highest BCUT2D eigenvalue weighted by Gasteiger charge is 2.39. The van der Waals surface area contributed by atoms with E-state index in [0.717, 1.165) is 38.8 Å². The van der Waals surface area contributed by atoms with Crippen LogP contribution in [-0.4, -0.2) is 36.0 Å². The lowest BCUT2D eigenvalue weighted by Gasteiger charge is -2.39. The highest BCUT2D eigenvalue weighted by atomic mass is 16.5. The van der Waals surface area contributed by atoms with Crippen molar-refractivity contribution in [2.75, 3.05) is 13.2 Å². The van der Waals surface area contributed by atoms with Crippen LogP contribution in [0.5, 0.6) is 0 Å². The second-order valence-corrected chi connectivity index (χ2v) is 5.78. The largest absolute Gasteiger partial charge is 0.392 e. The van der Waals surface area contributed by atoms with E-state index in [2.05, 4.69) is 12.2 Å². The summed E-state index contributed by atoms with van der Waals surface area (Å²) in [7, 11) is 0.